The van der Waals surface area contributed by atoms with Crippen LogP contribution in [0.5, 0.6) is 0 Å². The molecule has 2 aliphatic rings. The van der Waals surface area contributed by atoms with E-state index in [0.717, 1.165) is 12.6 Å². The Bertz CT molecular complexity index is 631. The summed E-state index contributed by atoms with van der Waals surface area (Å²) in [6, 6.07) is 4.41. The topological polar surface area (TPSA) is 58.6 Å². The third-order valence-corrected chi connectivity index (χ3v) is 5.85. The van der Waals surface area contributed by atoms with Gasteiger partial charge < -0.3 is 4.74 Å². The van der Waals surface area contributed by atoms with E-state index in [1.165, 1.54) is 25.0 Å². The average Bonchev–Trinajstić information content (AvgIpc) is 3.30. The second kappa shape index (κ2) is 6.41. The zero-order valence-corrected chi connectivity index (χ0v) is 13.5. The van der Waals surface area contributed by atoms with E-state index in [4.69, 9.17) is 16.3 Å². The van der Waals surface area contributed by atoms with Gasteiger partial charge in [-0.1, -0.05) is 17.7 Å². The molecule has 2 fully saturated rings. The summed E-state index contributed by atoms with van der Waals surface area (Å²) in [6.45, 7) is 2.27. The highest BCUT2D eigenvalue weighted by Gasteiger charge is 2.33. The summed E-state index contributed by atoms with van der Waals surface area (Å²) in [5, 5.41) is -0.128. The van der Waals surface area contributed by atoms with Crippen LogP contribution < -0.4 is 4.72 Å². The largest absolute Gasteiger partial charge is 0.374 e. The molecule has 0 bridgehead atoms. The molecule has 1 N–H and O–H groups in total. The second-order valence-corrected chi connectivity index (χ2v) is 7.73. The van der Waals surface area contributed by atoms with Crippen LogP contribution in [0.15, 0.2) is 23.1 Å². The molecule has 122 valence electrons. The molecule has 1 aromatic rings. The van der Waals surface area contributed by atoms with Gasteiger partial charge in [0.05, 0.1) is 17.7 Å². The van der Waals surface area contributed by atoms with Crippen molar-refractivity contribution in [1.82, 2.24) is 9.62 Å². The smallest absolute Gasteiger partial charge is 0.245 e. The molecule has 1 saturated heterocycles. The lowest BCUT2D eigenvalue weighted by Crippen LogP contribution is -2.48. The molecule has 5 nitrogen and oxygen atoms in total. The van der Waals surface area contributed by atoms with Crippen molar-refractivity contribution in [3.63, 3.8) is 0 Å². The van der Waals surface area contributed by atoms with Crippen LogP contribution in [0.4, 0.5) is 4.39 Å². The summed E-state index contributed by atoms with van der Waals surface area (Å²) in [7, 11) is -4.00. The summed E-state index contributed by atoms with van der Waals surface area (Å²) >= 11 is 5.81. The van der Waals surface area contributed by atoms with E-state index in [2.05, 4.69) is 9.62 Å². The number of hydrogen-bond donors (Lipinski definition) is 1. The molecule has 0 spiro atoms. The molecule has 0 unspecified atom stereocenters. The first-order valence-electron chi connectivity index (χ1n) is 7.27. The van der Waals surface area contributed by atoms with Crippen molar-refractivity contribution in [3.05, 3.63) is 29.0 Å². The van der Waals surface area contributed by atoms with Gasteiger partial charge in [-0.2, -0.15) is 0 Å². The molecule has 1 saturated carbocycles. The maximum absolute atomic E-state index is 13.7. The average molecular weight is 349 g/mol. The third-order valence-electron chi connectivity index (χ3n) is 3.92. The zero-order valence-electron chi connectivity index (χ0n) is 12.0. The highest BCUT2D eigenvalue weighted by molar-refractivity contribution is 7.89. The second-order valence-electron chi connectivity index (χ2n) is 5.62. The summed E-state index contributed by atoms with van der Waals surface area (Å²) < 4.78 is 46.2. The van der Waals surface area contributed by atoms with Gasteiger partial charge in [0.15, 0.2) is 0 Å². The van der Waals surface area contributed by atoms with E-state index >= 15 is 0 Å². The summed E-state index contributed by atoms with van der Waals surface area (Å²) in [5.74, 6) is -0.857. The number of nitrogens with one attached hydrogen (secondary N) is 1. The Balaban J connectivity index is 1.64. The normalized spacial score (nSPS) is 23.6. The molecule has 0 aromatic heterocycles. The molecule has 1 aromatic carbocycles. The Morgan fingerprint density at radius 2 is 2.18 bits per heavy atom. The Labute approximate surface area is 134 Å². The van der Waals surface area contributed by atoms with Crippen LogP contribution >= 0.6 is 11.6 Å². The molecular formula is C14H18ClFN2O3S. The summed E-state index contributed by atoms with van der Waals surface area (Å²) in [4.78, 5) is 1.81. The fourth-order valence-corrected chi connectivity index (χ4v) is 4.32. The minimum atomic E-state index is -4.00. The van der Waals surface area contributed by atoms with E-state index in [1.807, 2.05) is 0 Å². The Kier molecular flexibility index (Phi) is 4.70. The number of benzene rings is 1. The molecule has 8 heteroatoms. The van der Waals surface area contributed by atoms with Crippen molar-refractivity contribution >= 4 is 21.6 Å². The molecule has 0 radical (unpaired) electrons. The molecule has 1 aliphatic carbocycles. The van der Waals surface area contributed by atoms with Gasteiger partial charge in [0.1, 0.15) is 10.7 Å². The lowest BCUT2D eigenvalue weighted by atomic mass is 10.2. The van der Waals surface area contributed by atoms with Crippen molar-refractivity contribution in [3.8, 4) is 0 Å². The Morgan fingerprint density at radius 3 is 2.86 bits per heavy atom. The van der Waals surface area contributed by atoms with Gasteiger partial charge in [0, 0.05) is 25.7 Å². The van der Waals surface area contributed by atoms with Crippen molar-refractivity contribution in [2.24, 2.45) is 0 Å². The molecule has 0 amide bonds. The fourth-order valence-electron chi connectivity index (χ4n) is 2.65. The number of halogens is 2. The van der Waals surface area contributed by atoms with Gasteiger partial charge in [0.2, 0.25) is 10.0 Å². The van der Waals surface area contributed by atoms with Crippen LogP contribution in [0, 0.1) is 5.82 Å². The summed E-state index contributed by atoms with van der Waals surface area (Å²) in [6.07, 6.45) is 2.17. The molecule has 3 rings (SSSR count). The molecular weight excluding hydrogens is 331 g/mol. The lowest BCUT2D eigenvalue weighted by Gasteiger charge is -2.33. The van der Waals surface area contributed by atoms with Crippen LogP contribution in [0.3, 0.4) is 0 Å². The van der Waals surface area contributed by atoms with Crippen LogP contribution in [-0.2, 0) is 14.8 Å². The maximum Gasteiger partial charge on any atom is 0.245 e. The van der Waals surface area contributed by atoms with Gasteiger partial charge in [0.25, 0.3) is 0 Å². The molecule has 1 atom stereocenters. The van der Waals surface area contributed by atoms with Crippen molar-refractivity contribution in [1.29, 1.82) is 0 Å². The highest BCUT2D eigenvalue weighted by atomic mass is 35.5. The van der Waals surface area contributed by atoms with Crippen LogP contribution in [-0.4, -0.2) is 51.7 Å². The first-order valence-corrected chi connectivity index (χ1v) is 9.13. The van der Waals surface area contributed by atoms with Crippen molar-refractivity contribution in [2.75, 3.05) is 26.2 Å². The van der Waals surface area contributed by atoms with Gasteiger partial charge in [-0.05, 0) is 25.0 Å². The predicted octanol–water partition coefficient (Wildman–Crippen LogP) is 1.62. The number of rotatable bonds is 5. The number of nitrogens with zero attached hydrogens (tertiary/aromatic N) is 1. The number of ether oxygens (including phenoxy) is 1. The van der Waals surface area contributed by atoms with Crippen molar-refractivity contribution in [2.45, 2.75) is 29.9 Å². The minimum absolute atomic E-state index is 0.107. The maximum atomic E-state index is 13.7. The minimum Gasteiger partial charge on any atom is -0.374 e. The van der Waals surface area contributed by atoms with Crippen molar-refractivity contribution < 1.29 is 17.5 Å². The quantitative estimate of drug-likeness (QED) is 0.878. The Morgan fingerprint density at radius 1 is 1.41 bits per heavy atom. The first kappa shape index (κ1) is 16.1. The van der Waals surface area contributed by atoms with E-state index in [9.17, 15) is 12.8 Å². The van der Waals surface area contributed by atoms with Crippen LogP contribution in [0.1, 0.15) is 12.8 Å². The third kappa shape index (κ3) is 3.60. The monoisotopic (exact) mass is 348 g/mol. The first-order chi connectivity index (χ1) is 10.5. The Hall–Kier alpha value is -0.730. The van der Waals surface area contributed by atoms with Gasteiger partial charge >= 0.3 is 0 Å². The highest BCUT2D eigenvalue weighted by Crippen LogP contribution is 2.28. The van der Waals surface area contributed by atoms with E-state index in [1.54, 1.807) is 0 Å². The SMILES string of the molecule is O=S(=O)(NC[C@H]1CN(C2CC2)CCO1)c1c(F)cccc1Cl. The summed E-state index contributed by atoms with van der Waals surface area (Å²) in [5.41, 5.74) is 0. The number of morpholine rings is 1. The van der Waals surface area contributed by atoms with Gasteiger partial charge in [-0.25, -0.2) is 17.5 Å². The van der Waals surface area contributed by atoms with E-state index < -0.39 is 20.7 Å². The van der Waals surface area contributed by atoms with Crippen LogP contribution in [0.2, 0.25) is 5.02 Å². The van der Waals surface area contributed by atoms with E-state index in [0.29, 0.717) is 19.2 Å². The predicted molar refractivity (Wildman–Crippen MR) is 80.9 cm³/mol. The zero-order chi connectivity index (χ0) is 15.7. The molecule has 1 heterocycles. The standard InChI is InChI=1S/C14H18ClFN2O3S/c15-12-2-1-3-13(16)14(12)22(19,20)17-8-11-9-18(6-7-21-11)10-4-5-10/h1-3,10-11,17H,4-9H2/t11-/m0/s1. The van der Waals surface area contributed by atoms with E-state index in [-0.39, 0.29) is 17.7 Å². The molecule has 22 heavy (non-hydrogen) atoms. The number of hydrogen-bond acceptors (Lipinski definition) is 4. The number of sulfonamides is 1. The molecule has 1 aliphatic heterocycles. The van der Waals surface area contributed by atoms with Gasteiger partial charge in [-0.3, -0.25) is 4.90 Å². The fraction of sp³-hybridized carbons (Fsp3) is 0.571. The van der Waals surface area contributed by atoms with Gasteiger partial charge in [-0.15, -0.1) is 0 Å². The lowest BCUT2D eigenvalue weighted by molar-refractivity contribution is -0.0277. The van der Waals surface area contributed by atoms with Crippen LogP contribution in [0.25, 0.3) is 0 Å².